The van der Waals surface area contributed by atoms with Crippen LogP contribution in [0.15, 0.2) is 42.5 Å². The molecule has 100 valence electrons. The van der Waals surface area contributed by atoms with E-state index < -0.39 is 0 Å². The van der Waals surface area contributed by atoms with Crippen LogP contribution in [0.3, 0.4) is 0 Å². The van der Waals surface area contributed by atoms with Crippen LogP contribution in [-0.4, -0.2) is 6.61 Å². The van der Waals surface area contributed by atoms with Gasteiger partial charge in [0.15, 0.2) is 0 Å². The molecule has 0 saturated carbocycles. The van der Waals surface area contributed by atoms with E-state index in [0.29, 0.717) is 11.6 Å². The van der Waals surface area contributed by atoms with Crippen molar-refractivity contribution in [1.29, 1.82) is 0 Å². The average molecular weight is 276 g/mol. The molecule has 2 nitrogen and oxygen atoms in total. The van der Waals surface area contributed by atoms with E-state index in [2.05, 4.69) is 12.1 Å². The molecule has 0 bridgehead atoms. The predicted molar refractivity (Wildman–Crippen MR) is 80.9 cm³/mol. The molecule has 0 aliphatic carbocycles. The fourth-order valence-corrected chi connectivity index (χ4v) is 2.03. The number of hydrogen-bond donors (Lipinski definition) is 1. The van der Waals surface area contributed by atoms with Gasteiger partial charge in [0, 0.05) is 10.7 Å². The van der Waals surface area contributed by atoms with Crippen molar-refractivity contribution < 1.29 is 4.74 Å². The van der Waals surface area contributed by atoms with Crippen LogP contribution in [0.4, 0.5) is 5.69 Å². The number of benzene rings is 2. The second kappa shape index (κ2) is 6.48. The van der Waals surface area contributed by atoms with Crippen molar-refractivity contribution in [3.05, 3.63) is 58.6 Å². The normalized spacial score (nSPS) is 10.4. The summed E-state index contributed by atoms with van der Waals surface area (Å²) in [6, 6.07) is 13.7. The molecule has 0 radical (unpaired) electrons. The summed E-state index contributed by atoms with van der Waals surface area (Å²) < 4.78 is 5.75. The molecule has 0 aliphatic rings. The fourth-order valence-electron chi connectivity index (χ4n) is 1.87. The van der Waals surface area contributed by atoms with E-state index in [1.807, 2.05) is 37.3 Å². The molecule has 0 fully saturated rings. The number of hydrogen-bond acceptors (Lipinski definition) is 2. The van der Waals surface area contributed by atoms with E-state index in [4.69, 9.17) is 22.1 Å². The molecule has 3 heteroatoms. The Morgan fingerprint density at radius 2 is 1.84 bits per heavy atom. The largest absolute Gasteiger partial charge is 0.493 e. The third-order valence-electron chi connectivity index (χ3n) is 3.00. The van der Waals surface area contributed by atoms with Crippen LogP contribution < -0.4 is 10.5 Å². The quantitative estimate of drug-likeness (QED) is 0.654. The number of aryl methyl sites for hydroxylation is 2. The van der Waals surface area contributed by atoms with Gasteiger partial charge in [-0.15, -0.1) is 0 Å². The highest BCUT2D eigenvalue weighted by Gasteiger charge is 2.01. The number of rotatable bonds is 5. The van der Waals surface area contributed by atoms with Crippen LogP contribution in [0.25, 0.3) is 0 Å². The van der Waals surface area contributed by atoms with E-state index in [1.54, 1.807) is 0 Å². The van der Waals surface area contributed by atoms with E-state index >= 15 is 0 Å². The molecule has 2 rings (SSSR count). The number of halogens is 1. The first-order valence-corrected chi connectivity index (χ1v) is 6.76. The highest BCUT2D eigenvalue weighted by atomic mass is 35.5. The van der Waals surface area contributed by atoms with Crippen molar-refractivity contribution in [3.8, 4) is 5.75 Å². The Balaban J connectivity index is 1.80. The maximum atomic E-state index is 5.95. The van der Waals surface area contributed by atoms with Gasteiger partial charge in [-0.1, -0.05) is 29.8 Å². The minimum Gasteiger partial charge on any atom is -0.493 e. The first kappa shape index (κ1) is 13.8. The van der Waals surface area contributed by atoms with Crippen LogP contribution >= 0.6 is 11.6 Å². The predicted octanol–water partition coefficient (Wildman–Crippen LogP) is 4.24. The SMILES string of the molecule is Cc1ccc(Cl)cc1OCCCc1ccc(N)cc1. The third kappa shape index (κ3) is 4.18. The second-order valence-electron chi connectivity index (χ2n) is 4.60. The number of nitrogen functional groups attached to an aromatic ring is 1. The number of nitrogens with two attached hydrogens (primary N) is 1. The summed E-state index contributed by atoms with van der Waals surface area (Å²) in [4.78, 5) is 0. The molecule has 0 aromatic heterocycles. The highest BCUT2D eigenvalue weighted by Crippen LogP contribution is 2.22. The summed E-state index contributed by atoms with van der Waals surface area (Å²) in [7, 11) is 0. The smallest absolute Gasteiger partial charge is 0.123 e. The van der Waals surface area contributed by atoms with Crippen molar-refractivity contribution in [2.45, 2.75) is 19.8 Å². The van der Waals surface area contributed by atoms with Crippen LogP contribution in [0.1, 0.15) is 17.5 Å². The third-order valence-corrected chi connectivity index (χ3v) is 3.23. The Morgan fingerprint density at radius 3 is 2.58 bits per heavy atom. The minimum absolute atomic E-state index is 0.686. The van der Waals surface area contributed by atoms with Gasteiger partial charge >= 0.3 is 0 Å². The van der Waals surface area contributed by atoms with Gasteiger partial charge in [-0.25, -0.2) is 0 Å². The zero-order valence-electron chi connectivity index (χ0n) is 11.0. The molecule has 0 amide bonds. The first-order chi connectivity index (χ1) is 9.15. The van der Waals surface area contributed by atoms with Gasteiger partial charge in [-0.2, -0.15) is 0 Å². The molecular weight excluding hydrogens is 258 g/mol. The molecular formula is C16H18ClNO. The Kier molecular flexibility index (Phi) is 4.69. The lowest BCUT2D eigenvalue weighted by atomic mass is 10.1. The number of ether oxygens (including phenoxy) is 1. The van der Waals surface area contributed by atoms with Gasteiger partial charge in [0.25, 0.3) is 0 Å². The summed E-state index contributed by atoms with van der Waals surface area (Å²) in [6.45, 7) is 2.71. The summed E-state index contributed by atoms with van der Waals surface area (Å²) in [5, 5.41) is 0.708. The molecule has 2 N–H and O–H groups in total. The maximum absolute atomic E-state index is 5.95. The summed E-state index contributed by atoms with van der Waals surface area (Å²) in [5.74, 6) is 0.866. The second-order valence-corrected chi connectivity index (χ2v) is 5.04. The van der Waals surface area contributed by atoms with Crippen LogP contribution in [-0.2, 0) is 6.42 Å². The van der Waals surface area contributed by atoms with E-state index in [-0.39, 0.29) is 0 Å². The molecule has 0 heterocycles. The van der Waals surface area contributed by atoms with Crippen LogP contribution in [0, 0.1) is 6.92 Å². The molecule has 0 aliphatic heterocycles. The molecule has 19 heavy (non-hydrogen) atoms. The zero-order chi connectivity index (χ0) is 13.7. The Hall–Kier alpha value is -1.67. The first-order valence-electron chi connectivity index (χ1n) is 6.38. The van der Waals surface area contributed by atoms with E-state index in [1.165, 1.54) is 5.56 Å². The molecule has 0 spiro atoms. The van der Waals surface area contributed by atoms with Gasteiger partial charge in [0.05, 0.1) is 6.61 Å². The van der Waals surface area contributed by atoms with Crippen LogP contribution in [0.2, 0.25) is 5.02 Å². The van der Waals surface area contributed by atoms with Crippen molar-refractivity contribution >= 4 is 17.3 Å². The molecule has 0 saturated heterocycles. The molecule has 0 unspecified atom stereocenters. The van der Waals surface area contributed by atoms with Gasteiger partial charge in [-0.05, 0) is 55.2 Å². The van der Waals surface area contributed by atoms with Gasteiger partial charge in [0.1, 0.15) is 5.75 Å². The molecule has 2 aromatic rings. The summed E-state index contributed by atoms with van der Waals surface area (Å²) in [5.41, 5.74) is 8.84. The van der Waals surface area contributed by atoms with Gasteiger partial charge < -0.3 is 10.5 Å². The fraction of sp³-hybridized carbons (Fsp3) is 0.250. The standard InChI is InChI=1S/C16H18ClNO/c1-12-4-7-14(17)11-16(12)19-10-2-3-13-5-8-15(18)9-6-13/h4-9,11H,2-3,10,18H2,1H3. The Bertz CT molecular complexity index is 537. The van der Waals surface area contributed by atoms with Gasteiger partial charge in [0.2, 0.25) is 0 Å². The average Bonchev–Trinajstić information content (AvgIpc) is 2.40. The van der Waals surface area contributed by atoms with Crippen molar-refractivity contribution in [1.82, 2.24) is 0 Å². The van der Waals surface area contributed by atoms with Crippen molar-refractivity contribution in [3.63, 3.8) is 0 Å². The zero-order valence-corrected chi connectivity index (χ0v) is 11.8. The Labute approximate surface area is 119 Å². The van der Waals surface area contributed by atoms with E-state index in [9.17, 15) is 0 Å². The molecule has 2 aromatic carbocycles. The minimum atomic E-state index is 0.686. The van der Waals surface area contributed by atoms with Crippen molar-refractivity contribution in [2.75, 3.05) is 12.3 Å². The Morgan fingerprint density at radius 1 is 1.11 bits per heavy atom. The van der Waals surface area contributed by atoms with Gasteiger partial charge in [-0.3, -0.25) is 0 Å². The lowest BCUT2D eigenvalue weighted by molar-refractivity contribution is 0.309. The van der Waals surface area contributed by atoms with Crippen LogP contribution in [0.5, 0.6) is 5.75 Å². The van der Waals surface area contributed by atoms with Crippen molar-refractivity contribution in [2.24, 2.45) is 0 Å². The monoisotopic (exact) mass is 275 g/mol. The maximum Gasteiger partial charge on any atom is 0.123 e. The molecule has 0 atom stereocenters. The highest BCUT2D eigenvalue weighted by molar-refractivity contribution is 6.30. The lowest BCUT2D eigenvalue weighted by Gasteiger charge is -2.09. The summed E-state index contributed by atoms with van der Waals surface area (Å²) in [6.07, 6.45) is 1.95. The number of anilines is 1. The summed E-state index contributed by atoms with van der Waals surface area (Å²) >= 11 is 5.95. The topological polar surface area (TPSA) is 35.2 Å². The van der Waals surface area contributed by atoms with E-state index in [0.717, 1.165) is 29.8 Å². The lowest BCUT2D eigenvalue weighted by Crippen LogP contribution is -2.00.